The Labute approximate surface area is 147 Å². The van der Waals surface area contributed by atoms with Gasteiger partial charge in [0.2, 0.25) is 10.0 Å². The van der Waals surface area contributed by atoms with Crippen LogP contribution in [0.15, 0.2) is 47.4 Å². The zero-order valence-electron chi connectivity index (χ0n) is 14.4. The second kappa shape index (κ2) is 7.76. The molecule has 0 bridgehead atoms. The summed E-state index contributed by atoms with van der Waals surface area (Å²) in [6, 6.07) is 9.83. The quantitative estimate of drug-likeness (QED) is 0.854. The minimum absolute atomic E-state index is 0.134. The van der Waals surface area contributed by atoms with Gasteiger partial charge in [0, 0.05) is 24.3 Å². The molecule has 25 heavy (non-hydrogen) atoms. The average molecular weight is 364 g/mol. The molecular formula is C18H21FN2O3S. The van der Waals surface area contributed by atoms with Crippen LogP contribution in [0.5, 0.6) is 0 Å². The van der Waals surface area contributed by atoms with E-state index >= 15 is 0 Å². The number of nitrogens with one attached hydrogen (secondary N) is 1. The number of hydrogen-bond acceptors (Lipinski definition) is 3. The van der Waals surface area contributed by atoms with Crippen LogP contribution in [0.25, 0.3) is 0 Å². The van der Waals surface area contributed by atoms with E-state index < -0.39 is 21.7 Å². The Morgan fingerprint density at radius 1 is 1.08 bits per heavy atom. The molecule has 0 heterocycles. The van der Waals surface area contributed by atoms with Crippen LogP contribution < -0.4 is 5.32 Å². The first kappa shape index (κ1) is 19.1. The lowest BCUT2D eigenvalue weighted by atomic mass is 10.1. The van der Waals surface area contributed by atoms with Crippen LogP contribution in [0.4, 0.5) is 10.1 Å². The van der Waals surface area contributed by atoms with E-state index in [0.29, 0.717) is 24.3 Å². The van der Waals surface area contributed by atoms with Crippen LogP contribution in [0.2, 0.25) is 0 Å². The molecule has 1 amide bonds. The van der Waals surface area contributed by atoms with Crippen molar-refractivity contribution in [3.05, 3.63) is 59.4 Å². The van der Waals surface area contributed by atoms with Crippen molar-refractivity contribution in [1.29, 1.82) is 0 Å². The predicted octanol–water partition coefficient (Wildman–Crippen LogP) is 3.42. The molecule has 134 valence electrons. The summed E-state index contributed by atoms with van der Waals surface area (Å²) >= 11 is 0. The maximum absolute atomic E-state index is 13.3. The second-order valence-corrected chi connectivity index (χ2v) is 7.47. The van der Waals surface area contributed by atoms with Gasteiger partial charge in [-0.1, -0.05) is 19.9 Å². The van der Waals surface area contributed by atoms with Crippen molar-refractivity contribution in [3.8, 4) is 0 Å². The highest BCUT2D eigenvalue weighted by Gasteiger charge is 2.21. The largest absolute Gasteiger partial charge is 0.322 e. The van der Waals surface area contributed by atoms with E-state index in [4.69, 9.17) is 0 Å². The summed E-state index contributed by atoms with van der Waals surface area (Å²) in [6.07, 6.45) is 0. The topological polar surface area (TPSA) is 66.5 Å². The fourth-order valence-electron chi connectivity index (χ4n) is 2.41. The molecule has 0 fully saturated rings. The van der Waals surface area contributed by atoms with E-state index in [-0.39, 0.29) is 4.90 Å². The first-order chi connectivity index (χ1) is 11.8. The highest BCUT2D eigenvalue weighted by molar-refractivity contribution is 7.89. The maximum atomic E-state index is 13.3. The first-order valence-corrected chi connectivity index (χ1v) is 9.41. The molecule has 0 atom stereocenters. The molecule has 5 nitrogen and oxygen atoms in total. The smallest absolute Gasteiger partial charge is 0.255 e. The van der Waals surface area contributed by atoms with Gasteiger partial charge in [0.25, 0.3) is 5.91 Å². The minimum Gasteiger partial charge on any atom is -0.322 e. The lowest BCUT2D eigenvalue weighted by molar-refractivity contribution is 0.102. The third-order valence-corrected chi connectivity index (χ3v) is 5.97. The van der Waals surface area contributed by atoms with Crippen LogP contribution in [0, 0.1) is 12.7 Å². The molecule has 0 aliphatic heterocycles. The Hall–Kier alpha value is -2.25. The van der Waals surface area contributed by atoms with Gasteiger partial charge in [-0.05, 0) is 48.9 Å². The number of carbonyl (C=O) groups excluding carboxylic acids is 1. The van der Waals surface area contributed by atoms with E-state index in [1.54, 1.807) is 26.8 Å². The summed E-state index contributed by atoms with van der Waals surface area (Å²) in [5.74, 6) is -0.873. The third-order valence-electron chi connectivity index (χ3n) is 3.91. The van der Waals surface area contributed by atoms with Crippen LogP contribution >= 0.6 is 0 Å². The molecule has 0 spiro atoms. The standard InChI is InChI=1S/C18H21FN2O3S/c1-4-21(5-2)25(23,24)16-10-7-14(8-11-16)18(22)20-17-12-15(19)9-6-13(17)3/h6-12H,4-5H2,1-3H3,(H,20,22). The van der Waals surface area contributed by atoms with Crippen molar-refractivity contribution < 1.29 is 17.6 Å². The molecule has 0 unspecified atom stereocenters. The third kappa shape index (κ3) is 4.24. The average Bonchev–Trinajstić information content (AvgIpc) is 2.59. The van der Waals surface area contributed by atoms with Gasteiger partial charge in [-0.3, -0.25) is 4.79 Å². The molecule has 0 aromatic heterocycles. The van der Waals surface area contributed by atoms with Crippen molar-refractivity contribution in [2.75, 3.05) is 18.4 Å². The molecule has 2 rings (SSSR count). The highest BCUT2D eigenvalue weighted by Crippen LogP contribution is 2.19. The summed E-state index contributed by atoms with van der Waals surface area (Å²) in [4.78, 5) is 12.4. The summed E-state index contributed by atoms with van der Waals surface area (Å²) in [5, 5.41) is 2.63. The number of rotatable bonds is 6. The number of halogens is 1. The van der Waals surface area contributed by atoms with Gasteiger partial charge in [-0.15, -0.1) is 0 Å². The lowest BCUT2D eigenvalue weighted by Crippen LogP contribution is -2.30. The van der Waals surface area contributed by atoms with Crippen LogP contribution in [0.1, 0.15) is 29.8 Å². The maximum Gasteiger partial charge on any atom is 0.255 e. The molecule has 7 heteroatoms. The summed E-state index contributed by atoms with van der Waals surface area (Å²) < 4.78 is 39.5. The minimum atomic E-state index is -3.56. The van der Waals surface area contributed by atoms with E-state index in [0.717, 1.165) is 5.56 Å². The summed E-state index contributed by atoms with van der Waals surface area (Å²) in [7, 11) is -3.56. The number of amides is 1. The van der Waals surface area contributed by atoms with E-state index in [1.807, 2.05) is 0 Å². The van der Waals surface area contributed by atoms with Crippen LogP contribution in [0.3, 0.4) is 0 Å². The Balaban J connectivity index is 2.22. The van der Waals surface area contributed by atoms with Crippen molar-refractivity contribution in [1.82, 2.24) is 4.31 Å². The first-order valence-electron chi connectivity index (χ1n) is 7.97. The fourth-order valence-corrected chi connectivity index (χ4v) is 3.87. The lowest BCUT2D eigenvalue weighted by Gasteiger charge is -2.18. The predicted molar refractivity (Wildman–Crippen MR) is 95.6 cm³/mol. The Bertz CT molecular complexity index is 860. The van der Waals surface area contributed by atoms with E-state index in [2.05, 4.69) is 5.32 Å². The van der Waals surface area contributed by atoms with Crippen LogP contribution in [-0.4, -0.2) is 31.7 Å². The number of hydrogen-bond donors (Lipinski definition) is 1. The van der Waals surface area contributed by atoms with Gasteiger partial charge < -0.3 is 5.32 Å². The number of benzene rings is 2. The van der Waals surface area contributed by atoms with Gasteiger partial charge in [0.15, 0.2) is 0 Å². The van der Waals surface area contributed by atoms with Crippen LogP contribution in [-0.2, 0) is 10.0 Å². The fraction of sp³-hybridized carbons (Fsp3) is 0.278. The Morgan fingerprint density at radius 2 is 1.68 bits per heavy atom. The van der Waals surface area contributed by atoms with Gasteiger partial charge in [-0.25, -0.2) is 12.8 Å². The van der Waals surface area contributed by atoms with Gasteiger partial charge in [0.05, 0.1) is 4.90 Å². The molecule has 1 N–H and O–H groups in total. The van der Waals surface area contributed by atoms with E-state index in [9.17, 15) is 17.6 Å². The molecule has 0 saturated heterocycles. The van der Waals surface area contributed by atoms with Crippen molar-refractivity contribution in [3.63, 3.8) is 0 Å². The zero-order chi connectivity index (χ0) is 18.6. The zero-order valence-corrected chi connectivity index (χ0v) is 15.2. The van der Waals surface area contributed by atoms with Gasteiger partial charge >= 0.3 is 0 Å². The van der Waals surface area contributed by atoms with Crippen molar-refractivity contribution in [2.45, 2.75) is 25.7 Å². The monoisotopic (exact) mass is 364 g/mol. The van der Waals surface area contributed by atoms with Gasteiger partial charge in [-0.2, -0.15) is 4.31 Å². The summed E-state index contributed by atoms with van der Waals surface area (Å²) in [6.45, 7) is 6.04. The SMILES string of the molecule is CCN(CC)S(=O)(=O)c1ccc(C(=O)Nc2cc(F)ccc2C)cc1. The van der Waals surface area contributed by atoms with Crippen molar-refractivity contribution >= 4 is 21.6 Å². The summed E-state index contributed by atoms with van der Waals surface area (Å²) in [5.41, 5.74) is 1.41. The second-order valence-electron chi connectivity index (χ2n) is 5.53. The molecule has 2 aromatic carbocycles. The normalized spacial score (nSPS) is 11.6. The Morgan fingerprint density at radius 3 is 2.24 bits per heavy atom. The molecular weight excluding hydrogens is 343 g/mol. The number of anilines is 1. The number of nitrogens with zero attached hydrogens (tertiary/aromatic N) is 1. The molecule has 0 aliphatic carbocycles. The number of sulfonamides is 1. The van der Waals surface area contributed by atoms with E-state index in [1.165, 1.54) is 40.7 Å². The molecule has 0 saturated carbocycles. The highest BCUT2D eigenvalue weighted by atomic mass is 32.2. The van der Waals surface area contributed by atoms with Crippen molar-refractivity contribution in [2.24, 2.45) is 0 Å². The van der Waals surface area contributed by atoms with Gasteiger partial charge in [0.1, 0.15) is 5.82 Å². The Kier molecular flexibility index (Phi) is 5.92. The number of aryl methyl sites for hydroxylation is 1. The molecule has 0 radical (unpaired) electrons. The molecule has 0 aliphatic rings. The molecule has 2 aromatic rings. The number of carbonyl (C=O) groups is 1.